The molecular weight excluding hydrogens is 453 g/mol. The Hall–Kier alpha value is 0.177. The molecule has 1 aliphatic rings. The zero-order valence-electron chi connectivity index (χ0n) is 15.4. The Balaban J connectivity index is 1.77. The highest BCUT2D eigenvalue weighted by molar-refractivity contribution is 14.1. The van der Waals surface area contributed by atoms with Gasteiger partial charge in [-0.05, 0) is 70.8 Å². The Morgan fingerprint density at radius 1 is 1.17 bits per heavy atom. The predicted molar refractivity (Wildman–Crippen MR) is 113 cm³/mol. The molecule has 0 radical (unpaired) electrons. The Morgan fingerprint density at radius 3 is 2.46 bits per heavy atom. The lowest BCUT2D eigenvalue weighted by Gasteiger charge is -2.36. The number of fused-ring (bicyclic) bond motifs is 1. The molecule has 24 heavy (non-hydrogen) atoms. The van der Waals surface area contributed by atoms with Crippen LogP contribution in [-0.2, 0) is 17.5 Å². The van der Waals surface area contributed by atoms with Gasteiger partial charge in [0.2, 0.25) is 0 Å². The van der Waals surface area contributed by atoms with Crippen LogP contribution in [0.1, 0.15) is 44.7 Å². The number of halogens is 2. The van der Waals surface area contributed by atoms with E-state index in [4.69, 9.17) is 20.8 Å². The van der Waals surface area contributed by atoms with Gasteiger partial charge in [0.25, 0.3) is 0 Å². The van der Waals surface area contributed by atoms with E-state index in [-0.39, 0.29) is 5.04 Å². The second kappa shape index (κ2) is 8.25. The van der Waals surface area contributed by atoms with Crippen molar-refractivity contribution in [1.82, 2.24) is 5.32 Å². The van der Waals surface area contributed by atoms with Gasteiger partial charge in [-0.25, -0.2) is 0 Å². The third-order valence-corrected chi connectivity index (χ3v) is 11.0. The fraction of sp³-hybridized carbons (Fsp3) is 0.667. The summed E-state index contributed by atoms with van der Waals surface area (Å²) in [6, 6.07) is 2.06. The molecule has 0 spiro atoms. The quantitative estimate of drug-likeness (QED) is 0.306. The minimum atomic E-state index is -1.63. The molecule has 1 N–H and O–H groups in total. The van der Waals surface area contributed by atoms with Crippen LogP contribution in [0, 0.1) is 3.57 Å². The van der Waals surface area contributed by atoms with Crippen LogP contribution < -0.4 is 10.1 Å². The van der Waals surface area contributed by atoms with Crippen LogP contribution in [-0.4, -0.2) is 21.5 Å². The van der Waals surface area contributed by atoms with Crippen molar-refractivity contribution in [3.63, 3.8) is 0 Å². The fourth-order valence-electron chi connectivity index (χ4n) is 2.41. The third kappa shape index (κ3) is 4.87. The molecule has 1 heterocycles. The van der Waals surface area contributed by atoms with Crippen molar-refractivity contribution in [1.29, 1.82) is 0 Å². The van der Waals surface area contributed by atoms with E-state index in [1.807, 2.05) is 0 Å². The second-order valence-corrected chi connectivity index (χ2v) is 14.2. The summed E-state index contributed by atoms with van der Waals surface area (Å²) in [5.74, 6) is 0.814. The number of ether oxygens (including phenoxy) is 1. The third-order valence-electron chi connectivity index (χ3n) is 5.06. The molecule has 6 heteroatoms. The molecule has 0 saturated heterocycles. The molecule has 0 amide bonds. The molecule has 0 aliphatic carbocycles. The zero-order valence-corrected chi connectivity index (χ0v) is 19.3. The summed E-state index contributed by atoms with van der Waals surface area (Å²) in [4.78, 5) is 0. The molecular formula is C18H29ClINO2Si. The van der Waals surface area contributed by atoms with Crippen LogP contribution in [0.5, 0.6) is 5.75 Å². The van der Waals surface area contributed by atoms with Gasteiger partial charge in [-0.1, -0.05) is 32.4 Å². The van der Waals surface area contributed by atoms with E-state index in [0.717, 1.165) is 43.3 Å². The summed E-state index contributed by atoms with van der Waals surface area (Å²) in [5.41, 5.74) is 2.51. The molecule has 0 saturated carbocycles. The SMILES string of the molecule is CC(C)(C)[Si](C)(C)OCCCCOc1cc(I)c2c(c1Cl)CNC2. The maximum atomic E-state index is 6.49. The Kier molecular flexibility index (Phi) is 7.04. The topological polar surface area (TPSA) is 30.5 Å². The Morgan fingerprint density at radius 2 is 1.79 bits per heavy atom. The second-order valence-electron chi connectivity index (χ2n) is 7.90. The smallest absolute Gasteiger partial charge is 0.191 e. The van der Waals surface area contributed by atoms with Gasteiger partial charge in [-0.2, -0.15) is 0 Å². The van der Waals surface area contributed by atoms with E-state index >= 15 is 0 Å². The van der Waals surface area contributed by atoms with Crippen molar-refractivity contribution in [2.45, 2.75) is 64.8 Å². The lowest BCUT2D eigenvalue weighted by Crippen LogP contribution is -2.41. The van der Waals surface area contributed by atoms with Crippen LogP contribution in [0.25, 0.3) is 0 Å². The largest absolute Gasteiger partial charge is 0.492 e. The lowest BCUT2D eigenvalue weighted by molar-refractivity contribution is 0.252. The average molecular weight is 482 g/mol. The van der Waals surface area contributed by atoms with Crippen LogP contribution in [0.3, 0.4) is 0 Å². The van der Waals surface area contributed by atoms with Crippen molar-refractivity contribution in [3.8, 4) is 5.75 Å². The minimum Gasteiger partial charge on any atom is -0.492 e. The van der Waals surface area contributed by atoms with Crippen molar-refractivity contribution < 1.29 is 9.16 Å². The first-order valence-corrected chi connectivity index (χ1v) is 13.0. The van der Waals surface area contributed by atoms with E-state index in [1.54, 1.807) is 0 Å². The summed E-state index contributed by atoms with van der Waals surface area (Å²) >= 11 is 8.85. The van der Waals surface area contributed by atoms with Gasteiger partial charge in [0.15, 0.2) is 8.32 Å². The van der Waals surface area contributed by atoms with Gasteiger partial charge in [0.1, 0.15) is 5.75 Å². The van der Waals surface area contributed by atoms with E-state index in [9.17, 15) is 0 Å². The number of nitrogens with one attached hydrogen (secondary N) is 1. The van der Waals surface area contributed by atoms with Gasteiger partial charge in [0, 0.05) is 23.3 Å². The minimum absolute atomic E-state index is 0.270. The average Bonchev–Trinajstić information content (AvgIpc) is 2.96. The van der Waals surface area contributed by atoms with Gasteiger partial charge in [-0.3, -0.25) is 0 Å². The molecule has 0 atom stereocenters. The number of rotatable bonds is 7. The van der Waals surface area contributed by atoms with E-state index in [0.29, 0.717) is 6.61 Å². The molecule has 0 bridgehead atoms. The number of hydrogen-bond donors (Lipinski definition) is 1. The van der Waals surface area contributed by atoms with E-state index in [2.05, 4.69) is 67.8 Å². The number of unbranched alkanes of at least 4 members (excludes halogenated alkanes) is 1. The number of benzene rings is 1. The van der Waals surface area contributed by atoms with Crippen molar-refractivity contribution >= 4 is 42.5 Å². The first-order valence-electron chi connectivity index (χ1n) is 8.61. The highest BCUT2D eigenvalue weighted by atomic mass is 127. The van der Waals surface area contributed by atoms with Crippen LogP contribution >= 0.6 is 34.2 Å². The first kappa shape index (κ1) is 20.5. The molecule has 1 aromatic carbocycles. The molecule has 0 unspecified atom stereocenters. The highest BCUT2D eigenvalue weighted by Gasteiger charge is 2.36. The molecule has 136 valence electrons. The molecule has 1 aromatic rings. The fourth-order valence-corrected chi connectivity index (χ4v) is 4.59. The van der Waals surface area contributed by atoms with Crippen LogP contribution in [0.15, 0.2) is 6.07 Å². The molecule has 0 fully saturated rings. The maximum absolute atomic E-state index is 6.49. The molecule has 2 rings (SSSR count). The highest BCUT2D eigenvalue weighted by Crippen LogP contribution is 2.37. The summed E-state index contributed by atoms with van der Waals surface area (Å²) in [6.07, 6.45) is 2.00. The lowest BCUT2D eigenvalue weighted by atomic mass is 10.1. The molecule has 3 nitrogen and oxygen atoms in total. The summed E-state index contributed by atoms with van der Waals surface area (Å²) in [5, 5.41) is 4.39. The molecule has 1 aliphatic heterocycles. The first-order chi connectivity index (χ1) is 11.1. The zero-order chi connectivity index (χ0) is 18.0. The Bertz CT molecular complexity index is 587. The summed E-state index contributed by atoms with van der Waals surface area (Å²) < 4.78 is 13.4. The van der Waals surface area contributed by atoms with Gasteiger partial charge in [-0.15, -0.1) is 0 Å². The number of hydrogen-bond acceptors (Lipinski definition) is 3. The van der Waals surface area contributed by atoms with Crippen LogP contribution in [0.4, 0.5) is 0 Å². The predicted octanol–water partition coefficient (Wildman–Crippen LogP) is 5.73. The van der Waals surface area contributed by atoms with Gasteiger partial charge >= 0.3 is 0 Å². The standard InChI is InChI=1S/C18H29ClINO2Si/c1-18(2,3)24(4,5)23-9-7-6-8-22-16-10-15(20)13-11-21-12-14(13)17(16)19/h10,21H,6-9,11-12H2,1-5H3. The van der Waals surface area contributed by atoms with Crippen LogP contribution in [0.2, 0.25) is 23.2 Å². The van der Waals surface area contributed by atoms with Crippen molar-refractivity contribution in [2.24, 2.45) is 0 Å². The van der Waals surface area contributed by atoms with Crippen molar-refractivity contribution in [3.05, 3.63) is 25.8 Å². The van der Waals surface area contributed by atoms with E-state index in [1.165, 1.54) is 14.7 Å². The van der Waals surface area contributed by atoms with Gasteiger partial charge in [0.05, 0.1) is 11.6 Å². The summed E-state index contributed by atoms with van der Waals surface area (Å²) in [6.45, 7) is 14.6. The Labute approximate surface area is 166 Å². The normalized spacial score (nSPS) is 14.8. The molecule has 0 aromatic heterocycles. The van der Waals surface area contributed by atoms with E-state index < -0.39 is 8.32 Å². The van der Waals surface area contributed by atoms with Gasteiger partial charge < -0.3 is 14.5 Å². The monoisotopic (exact) mass is 481 g/mol. The van der Waals surface area contributed by atoms with Crippen molar-refractivity contribution in [2.75, 3.05) is 13.2 Å². The maximum Gasteiger partial charge on any atom is 0.191 e. The summed E-state index contributed by atoms with van der Waals surface area (Å²) in [7, 11) is -1.63.